The normalized spacial score (nSPS) is 15.0. The molecule has 0 aliphatic heterocycles. The minimum absolute atomic E-state index is 0.254. The number of rotatable bonds is 5. The zero-order chi connectivity index (χ0) is 16.7. The van der Waals surface area contributed by atoms with Gasteiger partial charge in [-0.25, -0.2) is 17.9 Å². The molecule has 0 saturated heterocycles. The lowest BCUT2D eigenvalue weighted by Crippen LogP contribution is -2.08. The maximum Gasteiger partial charge on any atom is 0.207 e. The van der Waals surface area contributed by atoms with E-state index in [0.29, 0.717) is 16.0 Å². The van der Waals surface area contributed by atoms with Crippen molar-refractivity contribution in [1.82, 2.24) is 14.6 Å². The molecular weight excluding hydrogens is 342 g/mol. The highest BCUT2D eigenvalue weighted by Crippen LogP contribution is 2.33. The fraction of sp³-hybridized carbons (Fsp3) is 0.294. The van der Waals surface area contributed by atoms with Gasteiger partial charge in [-0.2, -0.15) is 0 Å². The third-order valence-corrected chi connectivity index (χ3v) is 6.64. The molecule has 1 saturated carbocycles. The van der Waals surface area contributed by atoms with Crippen LogP contribution in [0.1, 0.15) is 12.8 Å². The molecule has 1 fully saturated rings. The standard InChI is InChI=1S/C17H17N3O2S2/c1-23-17-18-10-14-7-8-16(20(14)19-17)13-3-2-4-15(9-13)24(21,22)11-12-5-6-12/h2-4,7-10,12H,5-6,11H2,1H3. The van der Waals surface area contributed by atoms with Crippen LogP contribution in [0.2, 0.25) is 0 Å². The molecule has 7 heteroatoms. The van der Waals surface area contributed by atoms with E-state index in [1.54, 1.807) is 24.4 Å². The van der Waals surface area contributed by atoms with Gasteiger partial charge < -0.3 is 0 Å². The van der Waals surface area contributed by atoms with Crippen LogP contribution in [-0.4, -0.2) is 35.0 Å². The van der Waals surface area contributed by atoms with E-state index in [0.717, 1.165) is 29.6 Å². The number of aromatic nitrogens is 3. The molecule has 1 aliphatic carbocycles. The van der Waals surface area contributed by atoms with Crippen molar-refractivity contribution in [3.05, 3.63) is 42.6 Å². The Morgan fingerprint density at radius 1 is 1.25 bits per heavy atom. The number of benzene rings is 1. The first-order valence-electron chi connectivity index (χ1n) is 7.79. The Labute approximate surface area is 145 Å². The second-order valence-electron chi connectivity index (χ2n) is 6.05. The number of sulfone groups is 1. The molecule has 2 heterocycles. The smallest absolute Gasteiger partial charge is 0.207 e. The van der Waals surface area contributed by atoms with Gasteiger partial charge in [0.2, 0.25) is 5.16 Å². The molecule has 0 bridgehead atoms. The quantitative estimate of drug-likeness (QED) is 0.654. The average molecular weight is 359 g/mol. The molecule has 0 amide bonds. The third kappa shape index (κ3) is 2.93. The van der Waals surface area contributed by atoms with Gasteiger partial charge in [-0.1, -0.05) is 23.9 Å². The summed E-state index contributed by atoms with van der Waals surface area (Å²) >= 11 is 1.47. The van der Waals surface area contributed by atoms with Crippen LogP contribution in [0.25, 0.3) is 16.8 Å². The van der Waals surface area contributed by atoms with E-state index in [4.69, 9.17) is 0 Å². The number of nitrogens with zero attached hydrogens (tertiary/aromatic N) is 3. The van der Waals surface area contributed by atoms with E-state index in [1.807, 2.05) is 29.0 Å². The number of fused-ring (bicyclic) bond motifs is 1. The van der Waals surface area contributed by atoms with Crippen LogP contribution in [0.4, 0.5) is 0 Å². The number of hydrogen-bond donors (Lipinski definition) is 0. The molecule has 1 aliphatic rings. The Hall–Kier alpha value is -1.86. The second kappa shape index (κ2) is 5.89. The van der Waals surface area contributed by atoms with Crippen molar-refractivity contribution in [2.24, 2.45) is 5.92 Å². The zero-order valence-electron chi connectivity index (χ0n) is 13.2. The van der Waals surface area contributed by atoms with Gasteiger partial charge in [0.15, 0.2) is 9.84 Å². The van der Waals surface area contributed by atoms with Crippen LogP contribution >= 0.6 is 11.8 Å². The van der Waals surface area contributed by atoms with Crippen molar-refractivity contribution in [2.45, 2.75) is 22.9 Å². The minimum atomic E-state index is -3.22. The summed E-state index contributed by atoms with van der Waals surface area (Å²) in [7, 11) is -3.22. The molecule has 3 aromatic rings. The maximum absolute atomic E-state index is 12.5. The lowest BCUT2D eigenvalue weighted by Gasteiger charge is -2.07. The largest absolute Gasteiger partial charge is 0.229 e. The molecule has 1 aromatic carbocycles. The van der Waals surface area contributed by atoms with Crippen molar-refractivity contribution >= 4 is 27.1 Å². The summed E-state index contributed by atoms with van der Waals surface area (Å²) in [5.41, 5.74) is 2.60. The van der Waals surface area contributed by atoms with Crippen LogP contribution in [0.15, 0.2) is 52.6 Å². The molecule has 0 unspecified atom stereocenters. The summed E-state index contributed by atoms with van der Waals surface area (Å²) < 4.78 is 26.9. The van der Waals surface area contributed by atoms with Gasteiger partial charge in [0, 0.05) is 5.56 Å². The summed E-state index contributed by atoms with van der Waals surface area (Å²) in [6.45, 7) is 0. The lowest BCUT2D eigenvalue weighted by atomic mass is 10.2. The Morgan fingerprint density at radius 2 is 2.08 bits per heavy atom. The Balaban J connectivity index is 1.78. The molecule has 124 valence electrons. The number of hydrogen-bond acceptors (Lipinski definition) is 5. The molecule has 5 nitrogen and oxygen atoms in total. The Bertz CT molecular complexity index is 1010. The van der Waals surface area contributed by atoms with Gasteiger partial charge in [-0.05, 0) is 49.3 Å². The van der Waals surface area contributed by atoms with E-state index < -0.39 is 9.84 Å². The Kier molecular flexibility index (Phi) is 3.85. The van der Waals surface area contributed by atoms with Crippen molar-refractivity contribution < 1.29 is 8.42 Å². The van der Waals surface area contributed by atoms with Crippen LogP contribution in [0, 0.1) is 5.92 Å². The van der Waals surface area contributed by atoms with E-state index in [-0.39, 0.29) is 5.75 Å². The molecule has 4 rings (SSSR count). The summed E-state index contributed by atoms with van der Waals surface area (Å²) in [5, 5.41) is 5.18. The highest BCUT2D eigenvalue weighted by atomic mass is 32.2. The summed E-state index contributed by atoms with van der Waals surface area (Å²) in [6.07, 6.45) is 5.75. The van der Waals surface area contributed by atoms with Crippen LogP contribution < -0.4 is 0 Å². The topological polar surface area (TPSA) is 64.3 Å². The third-order valence-electron chi connectivity index (χ3n) is 4.20. The van der Waals surface area contributed by atoms with Gasteiger partial charge in [0.1, 0.15) is 0 Å². The molecular formula is C17H17N3O2S2. The number of thioether (sulfide) groups is 1. The van der Waals surface area contributed by atoms with Crippen LogP contribution in [0.5, 0.6) is 0 Å². The van der Waals surface area contributed by atoms with Crippen LogP contribution in [0.3, 0.4) is 0 Å². The van der Waals surface area contributed by atoms with Crippen LogP contribution in [-0.2, 0) is 9.84 Å². The second-order valence-corrected chi connectivity index (χ2v) is 8.86. The molecule has 0 atom stereocenters. The molecule has 0 radical (unpaired) electrons. The fourth-order valence-corrected chi connectivity index (χ4v) is 4.80. The maximum atomic E-state index is 12.5. The monoisotopic (exact) mass is 359 g/mol. The van der Waals surface area contributed by atoms with Crippen molar-refractivity contribution in [3.8, 4) is 11.3 Å². The summed E-state index contributed by atoms with van der Waals surface area (Å²) in [4.78, 5) is 4.65. The molecule has 0 spiro atoms. The Morgan fingerprint density at radius 3 is 2.83 bits per heavy atom. The summed E-state index contributed by atoms with van der Waals surface area (Å²) in [5.74, 6) is 0.592. The van der Waals surface area contributed by atoms with E-state index in [2.05, 4.69) is 10.1 Å². The summed E-state index contributed by atoms with van der Waals surface area (Å²) in [6, 6.07) is 11.0. The molecule has 24 heavy (non-hydrogen) atoms. The van der Waals surface area contributed by atoms with Gasteiger partial charge in [-0.3, -0.25) is 0 Å². The zero-order valence-corrected chi connectivity index (χ0v) is 14.8. The predicted molar refractivity (Wildman–Crippen MR) is 95.0 cm³/mol. The predicted octanol–water partition coefficient (Wildman–Crippen LogP) is 3.30. The minimum Gasteiger partial charge on any atom is -0.229 e. The highest BCUT2D eigenvalue weighted by Gasteiger charge is 2.29. The lowest BCUT2D eigenvalue weighted by molar-refractivity contribution is 0.592. The van der Waals surface area contributed by atoms with Crippen molar-refractivity contribution in [2.75, 3.05) is 12.0 Å². The highest BCUT2D eigenvalue weighted by molar-refractivity contribution is 7.98. The van der Waals surface area contributed by atoms with E-state index in [9.17, 15) is 8.42 Å². The first-order valence-corrected chi connectivity index (χ1v) is 10.7. The van der Waals surface area contributed by atoms with E-state index >= 15 is 0 Å². The molecule has 0 N–H and O–H groups in total. The fourth-order valence-electron chi connectivity index (χ4n) is 2.74. The van der Waals surface area contributed by atoms with Gasteiger partial charge in [0.05, 0.1) is 28.1 Å². The van der Waals surface area contributed by atoms with Gasteiger partial charge >= 0.3 is 0 Å². The first kappa shape index (κ1) is 15.7. The van der Waals surface area contributed by atoms with E-state index in [1.165, 1.54) is 11.8 Å². The average Bonchev–Trinajstić information content (AvgIpc) is 3.29. The SMILES string of the molecule is CSc1ncc2ccc(-c3cccc(S(=O)(=O)CC4CC4)c3)n2n1. The van der Waals surface area contributed by atoms with Gasteiger partial charge in [-0.15, -0.1) is 5.10 Å². The first-order chi connectivity index (χ1) is 11.6. The van der Waals surface area contributed by atoms with Gasteiger partial charge in [0.25, 0.3) is 0 Å². The van der Waals surface area contributed by atoms with Crippen molar-refractivity contribution in [1.29, 1.82) is 0 Å². The van der Waals surface area contributed by atoms with Crippen molar-refractivity contribution in [3.63, 3.8) is 0 Å². The molecule has 2 aromatic heterocycles.